The third kappa shape index (κ3) is 12.9. The first-order chi connectivity index (χ1) is 39.7. The molecule has 2 saturated carbocycles. The zero-order chi connectivity index (χ0) is 60.8. The Labute approximate surface area is 501 Å². The number of aliphatic carboxylic acids is 1. The maximum Gasteiger partial charge on any atom is 0.339 e. The van der Waals surface area contributed by atoms with Gasteiger partial charge in [-0.2, -0.15) is 8.61 Å². The summed E-state index contributed by atoms with van der Waals surface area (Å²) in [6, 6.07) is 8.16. The zero-order valence-corrected chi connectivity index (χ0v) is 54.2. The summed E-state index contributed by atoms with van der Waals surface area (Å²) in [4.78, 5) is 26.5. The van der Waals surface area contributed by atoms with E-state index in [-0.39, 0.29) is 17.1 Å². The Hall–Kier alpha value is -4.84. The van der Waals surface area contributed by atoms with E-state index in [0.29, 0.717) is 57.8 Å². The van der Waals surface area contributed by atoms with E-state index in [1.807, 2.05) is 80.5 Å². The molecule has 16 heteroatoms. The minimum atomic E-state index is -3.42. The maximum absolute atomic E-state index is 13.8. The largest absolute Gasteiger partial charge is 0.493 e. The van der Waals surface area contributed by atoms with Crippen LogP contribution in [0, 0.1) is 41.5 Å². The van der Waals surface area contributed by atoms with E-state index < -0.39 is 55.4 Å². The van der Waals surface area contributed by atoms with Gasteiger partial charge in [-0.15, -0.1) is 0 Å². The quantitative estimate of drug-likeness (QED) is 0.126. The molecule has 0 bridgehead atoms. The van der Waals surface area contributed by atoms with Crippen LogP contribution < -0.4 is 9.47 Å². The number of sulfonamides is 2. The van der Waals surface area contributed by atoms with Crippen LogP contribution in [0.25, 0.3) is 22.3 Å². The minimum Gasteiger partial charge on any atom is -0.493 e. The van der Waals surface area contributed by atoms with E-state index >= 15 is 0 Å². The van der Waals surface area contributed by atoms with Crippen molar-refractivity contribution in [2.45, 2.75) is 240 Å². The lowest BCUT2D eigenvalue weighted by atomic mass is 9.79. The molecule has 2 atom stereocenters. The molecule has 14 nitrogen and oxygen atoms in total. The van der Waals surface area contributed by atoms with Crippen molar-refractivity contribution in [2.75, 3.05) is 32.9 Å². The number of hydrogen-bond donors (Lipinski definition) is 1. The molecule has 4 aromatic rings. The fraction of sp³-hybridized carbons (Fsp3) is 0.618. The van der Waals surface area contributed by atoms with Gasteiger partial charge in [0.2, 0.25) is 20.0 Å². The molecular formula is C68H94N2O12S2. The monoisotopic (exact) mass is 1190 g/mol. The van der Waals surface area contributed by atoms with Gasteiger partial charge in [0.25, 0.3) is 0 Å². The van der Waals surface area contributed by atoms with Gasteiger partial charge in [-0.25, -0.2) is 26.4 Å². The van der Waals surface area contributed by atoms with Crippen molar-refractivity contribution in [1.82, 2.24) is 8.61 Å². The highest BCUT2D eigenvalue weighted by molar-refractivity contribution is 7.90. The summed E-state index contributed by atoms with van der Waals surface area (Å²) in [6.07, 6.45) is 11.9. The lowest BCUT2D eigenvalue weighted by molar-refractivity contribution is -0.166. The molecule has 0 saturated heterocycles. The number of benzene rings is 4. The number of fused-ring (bicyclic) bond motifs is 4. The predicted octanol–water partition coefficient (Wildman–Crippen LogP) is 13.6. The van der Waals surface area contributed by atoms with Crippen LogP contribution in [0.2, 0.25) is 0 Å². The number of carbonyl (C=O) groups is 2. The smallest absolute Gasteiger partial charge is 0.339 e. The topological polar surface area (TPSA) is 175 Å². The second-order valence-corrected chi connectivity index (χ2v) is 30.8. The molecule has 0 aromatic heterocycles. The molecule has 0 radical (unpaired) electrons. The van der Waals surface area contributed by atoms with E-state index in [4.69, 9.17) is 23.7 Å². The Balaban J connectivity index is 0.000000202. The summed E-state index contributed by atoms with van der Waals surface area (Å²) in [7, 11) is -6.83. The third-order valence-corrected chi connectivity index (χ3v) is 23.4. The predicted molar refractivity (Wildman–Crippen MR) is 331 cm³/mol. The SMILES string of the molecule is CCOC(=O)[C@@H](OC(C)(C)C)c1c(C)c2c(c(C)c1-c1ccc3c(c1C)CCCO3)CN(S(=O)(=O)C1CCCCC1)CC2.Cc1c(-c2c(C)c3c(c(C)c2[C@H](OC(C)(C)C)C(=O)O)CCN(S(=O)(=O)C2CCCCC2)C3)ccc2c1CCCO2. The number of esters is 1. The first-order valence-corrected chi connectivity index (χ1v) is 34.2. The molecule has 6 aliphatic rings. The normalized spacial score (nSPS) is 19.1. The van der Waals surface area contributed by atoms with Gasteiger partial charge in [0.1, 0.15) is 11.5 Å². The van der Waals surface area contributed by atoms with E-state index in [9.17, 15) is 31.5 Å². The second-order valence-electron chi connectivity index (χ2n) is 26.4. The summed E-state index contributed by atoms with van der Waals surface area (Å²) >= 11 is 0. The van der Waals surface area contributed by atoms with Crippen molar-refractivity contribution >= 4 is 32.0 Å². The molecular weight excluding hydrogens is 1100 g/mol. The van der Waals surface area contributed by atoms with Crippen LogP contribution in [0.1, 0.15) is 216 Å². The number of carboxylic acid groups (broad SMARTS) is 1. The zero-order valence-electron chi connectivity index (χ0n) is 52.5. The lowest BCUT2D eigenvalue weighted by Crippen LogP contribution is -2.43. The highest BCUT2D eigenvalue weighted by Crippen LogP contribution is 2.49. The van der Waals surface area contributed by atoms with Crippen molar-refractivity contribution in [3.8, 4) is 33.8 Å². The van der Waals surface area contributed by atoms with Crippen LogP contribution in [0.15, 0.2) is 24.3 Å². The van der Waals surface area contributed by atoms with Gasteiger partial charge in [-0.05, 0) is 255 Å². The number of rotatable bonds is 13. The summed E-state index contributed by atoms with van der Waals surface area (Å²) in [6.45, 7) is 28.9. The summed E-state index contributed by atoms with van der Waals surface area (Å²) in [5, 5.41) is 9.90. The summed E-state index contributed by atoms with van der Waals surface area (Å²) < 4.78 is 88.9. The molecule has 4 heterocycles. The Morgan fingerprint density at radius 1 is 0.536 bits per heavy atom. The van der Waals surface area contributed by atoms with Crippen molar-refractivity contribution in [3.63, 3.8) is 0 Å². The fourth-order valence-electron chi connectivity index (χ4n) is 14.5. The number of nitrogens with zero attached hydrogens (tertiary/aromatic N) is 2. The number of ether oxygens (including phenoxy) is 5. The minimum absolute atomic E-state index is 0.254. The van der Waals surface area contributed by atoms with E-state index in [0.717, 1.165) is 190 Å². The lowest BCUT2D eigenvalue weighted by Gasteiger charge is -2.37. The summed E-state index contributed by atoms with van der Waals surface area (Å²) in [5.41, 5.74) is 16.6. The van der Waals surface area contributed by atoms with Crippen molar-refractivity contribution in [2.24, 2.45) is 0 Å². The number of carbonyl (C=O) groups excluding carboxylic acids is 1. The van der Waals surface area contributed by atoms with Gasteiger partial charge in [0, 0.05) is 37.3 Å². The Morgan fingerprint density at radius 3 is 1.31 bits per heavy atom. The van der Waals surface area contributed by atoms with Crippen LogP contribution in [-0.2, 0) is 82.6 Å². The molecule has 2 fully saturated rings. The molecule has 4 aliphatic heterocycles. The second kappa shape index (κ2) is 25.5. The first kappa shape index (κ1) is 63.7. The molecule has 10 rings (SSSR count). The van der Waals surface area contributed by atoms with E-state index in [1.165, 1.54) is 5.56 Å². The van der Waals surface area contributed by atoms with Gasteiger partial charge < -0.3 is 28.8 Å². The van der Waals surface area contributed by atoms with Gasteiger partial charge in [0.05, 0.1) is 41.5 Å². The third-order valence-electron chi connectivity index (χ3n) is 18.7. The molecule has 0 spiro atoms. The first-order valence-electron chi connectivity index (χ1n) is 31.2. The average molecular weight is 1200 g/mol. The van der Waals surface area contributed by atoms with Crippen LogP contribution >= 0.6 is 0 Å². The van der Waals surface area contributed by atoms with Crippen LogP contribution in [0.4, 0.5) is 0 Å². The number of hydrogen-bond acceptors (Lipinski definition) is 11. The van der Waals surface area contributed by atoms with Crippen molar-refractivity contribution in [3.05, 3.63) is 102 Å². The molecule has 0 unspecified atom stereocenters. The van der Waals surface area contributed by atoms with Crippen molar-refractivity contribution in [1.29, 1.82) is 0 Å². The molecule has 84 heavy (non-hydrogen) atoms. The fourth-order valence-corrected chi connectivity index (χ4v) is 18.5. The Morgan fingerprint density at radius 2 is 0.929 bits per heavy atom. The number of carboxylic acids is 1. The molecule has 4 aromatic carbocycles. The standard InChI is InChI=1S/C35H49NO6S.C33H45NO6S/c1-8-40-34(37)33(42-35(5,6)7)32-23(3)26-18-19-36(43(38,39)25-13-10-9-11-14-25)21-29(26)24(4)31(32)28-16-17-30-27(22(28)2)15-12-20-41-30;1-20-25-13-10-18-39-28(25)15-14-26(20)29-22(3)27-19-34(41(37,38)23-11-8-7-9-12-23)17-16-24(27)21(2)30(29)31(32(35)36)40-33(4,5)6/h16-17,25,33H,8-15,18-21H2,1-7H3;14-15,23,31H,7-13,16-19H2,1-6H3,(H,35,36)/t33-;31-/m00/s1. The van der Waals surface area contributed by atoms with Crippen LogP contribution in [-0.4, -0.2) is 97.1 Å². The Kier molecular flexibility index (Phi) is 19.3. The van der Waals surface area contributed by atoms with Crippen LogP contribution in [0.5, 0.6) is 11.5 Å². The van der Waals surface area contributed by atoms with Gasteiger partial charge >= 0.3 is 11.9 Å². The van der Waals surface area contributed by atoms with E-state index in [2.05, 4.69) is 33.8 Å². The summed E-state index contributed by atoms with van der Waals surface area (Å²) in [5.74, 6) is 0.369. The van der Waals surface area contributed by atoms with Crippen LogP contribution in [0.3, 0.4) is 0 Å². The molecule has 0 amide bonds. The van der Waals surface area contributed by atoms with Gasteiger partial charge in [-0.3, -0.25) is 0 Å². The molecule has 1 N–H and O–H groups in total. The highest BCUT2D eigenvalue weighted by Gasteiger charge is 2.42. The van der Waals surface area contributed by atoms with Gasteiger partial charge in [-0.1, -0.05) is 50.7 Å². The average Bonchev–Trinajstić information content (AvgIpc) is 1.04. The molecule has 460 valence electrons. The van der Waals surface area contributed by atoms with E-state index in [1.54, 1.807) is 8.61 Å². The highest BCUT2D eigenvalue weighted by atomic mass is 32.2. The maximum atomic E-state index is 13.8. The Bertz CT molecular complexity index is 3380. The molecule has 2 aliphatic carbocycles. The van der Waals surface area contributed by atoms with Gasteiger partial charge in [0.15, 0.2) is 12.2 Å². The van der Waals surface area contributed by atoms with Crippen molar-refractivity contribution < 1.29 is 55.2 Å².